The summed E-state index contributed by atoms with van der Waals surface area (Å²) in [6.07, 6.45) is 0.314. The Kier molecular flexibility index (Phi) is 7.43. The molecule has 1 aliphatic rings. The minimum Gasteiger partial charge on any atom is -0.494 e. The van der Waals surface area contributed by atoms with Crippen LogP contribution in [0.3, 0.4) is 0 Å². The van der Waals surface area contributed by atoms with E-state index in [4.69, 9.17) is 9.47 Å². The average molecular weight is 413 g/mol. The first-order valence-electron chi connectivity index (χ1n) is 10.4. The van der Waals surface area contributed by atoms with Crippen molar-refractivity contribution in [2.24, 2.45) is 0 Å². The van der Waals surface area contributed by atoms with E-state index in [0.29, 0.717) is 30.1 Å². The van der Waals surface area contributed by atoms with Gasteiger partial charge in [-0.25, -0.2) is 0 Å². The van der Waals surface area contributed by atoms with Crippen LogP contribution in [0.4, 0.5) is 11.4 Å². The Hall–Kier alpha value is -2.90. The topological polar surface area (TPSA) is 81.1 Å². The van der Waals surface area contributed by atoms with Crippen LogP contribution in [0.5, 0.6) is 5.75 Å². The molecule has 7 heteroatoms. The van der Waals surface area contributed by atoms with Gasteiger partial charge < -0.3 is 25.0 Å². The Labute approximate surface area is 177 Å². The van der Waals surface area contributed by atoms with Gasteiger partial charge >= 0.3 is 0 Å². The lowest BCUT2D eigenvalue weighted by Crippen LogP contribution is -3.16. The van der Waals surface area contributed by atoms with Crippen molar-refractivity contribution >= 4 is 23.2 Å². The van der Waals surface area contributed by atoms with Crippen LogP contribution in [-0.2, 0) is 9.53 Å². The average Bonchev–Trinajstić information content (AvgIpc) is 2.69. The first-order chi connectivity index (χ1) is 14.4. The molecule has 2 aromatic rings. The molecule has 1 unspecified atom stereocenters. The summed E-state index contributed by atoms with van der Waals surface area (Å²) in [6, 6.07) is 14.1. The quantitative estimate of drug-likeness (QED) is 0.650. The molecule has 1 saturated heterocycles. The number of carbonyl (C=O) groups is 2. The van der Waals surface area contributed by atoms with E-state index in [1.54, 1.807) is 36.4 Å². The van der Waals surface area contributed by atoms with E-state index in [1.165, 1.54) is 4.90 Å². The zero-order valence-electron chi connectivity index (χ0n) is 17.7. The number of anilines is 2. The molecule has 2 aromatic carbocycles. The number of amides is 2. The van der Waals surface area contributed by atoms with E-state index >= 15 is 0 Å². The van der Waals surface area contributed by atoms with Crippen molar-refractivity contribution in [3.63, 3.8) is 0 Å². The molecule has 160 valence electrons. The highest BCUT2D eigenvalue weighted by Crippen LogP contribution is 2.17. The molecule has 1 aliphatic heterocycles. The van der Waals surface area contributed by atoms with Crippen LogP contribution in [-0.4, -0.2) is 50.3 Å². The van der Waals surface area contributed by atoms with Gasteiger partial charge in [0, 0.05) is 16.9 Å². The molecule has 3 rings (SSSR count). The summed E-state index contributed by atoms with van der Waals surface area (Å²) in [4.78, 5) is 26.0. The van der Waals surface area contributed by atoms with Gasteiger partial charge in [-0.3, -0.25) is 9.59 Å². The molecule has 3 atom stereocenters. The number of benzene rings is 2. The fraction of sp³-hybridized carbons (Fsp3) is 0.391. The third kappa shape index (κ3) is 6.30. The molecule has 0 radical (unpaired) electrons. The summed E-state index contributed by atoms with van der Waals surface area (Å²) in [5.74, 6) is 0.508. The van der Waals surface area contributed by atoms with Gasteiger partial charge in [0.25, 0.3) is 11.8 Å². The van der Waals surface area contributed by atoms with Gasteiger partial charge in [-0.05, 0) is 69.3 Å². The molecule has 0 saturated carbocycles. The molecular weight excluding hydrogens is 382 g/mol. The Morgan fingerprint density at radius 1 is 0.967 bits per heavy atom. The maximum Gasteiger partial charge on any atom is 0.279 e. The van der Waals surface area contributed by atoms with Crippen molar-refractivity contribution < 1.29 is 24.0 Å². The molecule has 30 heavy (non-hydrogen) atoms. The highest BCUT2D eigenvalue weighted by atomic mass is 16.5. The molecular formula is C23H30N3O4+. The fourth-order valence-corrected chi connectivity index (χ4v) is 3.68. The summed E-state index contributed by atoms with van der Waals surface area (Å²) < 4.78 is 11.1. The van der Waals surface area contributed by atoms with Crippen LogP contribution in [0, 0.1) is 0 Å². The SMILES string of the molecule is CCOc1ccc(NC(=O)c2ccc(NC(=O)C[NH+]3C[C@@H](C)O[C@@H](C)C3)cc2)cc1. The Balaban J connectivity index is 1.51. The van der Waals surface area contributed by atoms with E-state index < -0.39 is 0 Å². The van der Waals surface area contributed by atoms with E-state index in [0.717, 1.165) is 18.8 Å². The number of carbonyl (C=O) groups excluding carboxylic acids is 2. The molecule has 1 heterocycles. The monoisotopic (exact) mass is 412 g/mol. The molecule has 0 bridgehead atoms. The van der Waals surface area contributed by atoms with Gasteiger partial charge in [-0.15, -0.1) is 0 Å². The van der Waals surface area contributed by atoms with Gasteiger partial charge in [-0.2, -0.15) is 0 Å². The lowest BCUT2D eigenvalue weighted by atomic mass is 10.2. The first kappa shape index (κ1) is 21.8. The molecule has 0 aromatic heterocycles. The molecule has 0 spiro atoms. The summed E-state index contributed by atoms with van der Waals surface area (Å²) in [5, 5.41) is 5.76. The minimum atomic E-state index is -0.210. The highest BCUT2D eigenvalue weighted by molar-refractivity contribution is 6.04. The number of nitrogens with one attached hydrogen (secondary N) is 3. The standard InChI is InChI=1S/C23H29N3O4/c1-4-29-21-11-9-20(10-12-21)25-23(28)18-5-7-19(8-6-18)24-22(27)15-26-13-16(2)30-17(3)14-26/h5-12,16-17H,4,13-15H2,1-3H3,(H,24,27)(H,25,28)/p+1/t16-,17+. The summed E-state index contributed by atoms with van der Waals surface area (Å²) in [7, 11) is 0. The molecule has 3 N–H and O–H groups in total. The van der Waals surface area contributed by atoms with Crippen molar-refractivity contribution in [3.8, 4) is 5.75 Å². The second-order valence-corrected chi connectivity index (χ2v) is 7.63. The largest absolute Gasteiger partial charge is 0.494 e. The minimum absolute atomic E-state index is 0.0436. The van der Waals surface area contributed by atoms with Crippen molar-refractivity contribution in [1.82, 2.24) is 0 Å². The van der Waals surface area contributed by atoms with Crippen LogP contribution in [0.25, 0.3) is 0 Å². The van der Waals surface area contributed by atoms with Crippen LogP contribution >= 0.6 is 0 Å². The highest BCUT2D eigenvalue weighted by Gasteiger charge is 2.27. The van der Waals surface area contributed by atoms with Crippen LogP contribution in [0.1, 0.15) is 31.1 Å². The number of hydrogen-bond donors (Lipinski definition) is 3. The Bertz CT molecular complexity index is 842. The van der Waals surface area contributed by atoms with E-state index in [1.807, 2.05) is 32.9 Å². The van der Waals surface area contributed by atoms with Crippen LogP contribution < -0.4 is 20.3 Å². The second-order valence-electron chi connectivity index (χ2n) is 7.63. The van der Waals surface area contributed by atoms with E-state index in [2.05, 4.69) is 10.6 Å². The van der Waals surface area contributed by atoms with E-state index in [-0.39, 0.29) is 24.0 Å². The zero-order valence-corrected chi connectivity index (χ0v) is 17.7. The second kappa shape index (κ2) is 10.2. The van der Waals surface area contributed by atoms with Crippen molar-refractivity contribution in [2.45, 2.75) is 33.0 Å². The lowest BCUT2D eigenvalue weighted by Gasteiger charge is -2.31. The maximum atomic E-state index is 12.4. The lowest BCUT2D eigenvalue weighted by molar-refractivity contribution is -0.907. The first-order valence-corrected chi connectivity index (χ1v) is 10.4. The van der Waals surface area contributed by atoms with Crippen molar-refractivity contribution in [3.05, 3.63) is 54.1 Å². The molecule has 7 nitrogen and oxygen atoms in total. The predicted octanol–water partition coefficient (Wildman–Crippen LogP) is 1.97. The summed E-state index contributed by atoms with van der Waals surface area (Å²) in [5.41, 5.74) is 1.88. The number of hydrogen-bond acceptors (Lipinski definition) is 4. The number of rotatable bonds is 7. The van der Waals surface area contributed by atoms with Gasteiger partial charge in [-0.1, -0.05) is 0 Å². The normalized spacial score (nSPS) is 21.0. The third-order valence-electron chi connectivity index (χ3n) is 4.88. The predicted molar refractivity (Wildman–Crippen MR) is 116 cm³/mol. The van der Waals surface area contributed by atoms with Gasteiger partial charge in [0.1, 0.15) is 31.0 Å². The Morgan fingerprint density at radius 3 is 2.13 bits per heavy atom. The van der Waals surface area contributed by atoms with E-state index in [9.17, 15) is 9.59 Å². The van der Waals surface area contributed by atoms with Crippen LogP contribution in [0.15, 0.2) is 48.5 Å². The summed E-state index contributed by atoms with van der Waals surface area (Å²) >= 11 is 0. The molecule has 1 fully saturated rings. The third-order valence-corrected chi connectivity index (χ3v) is 4.88. The smallest absolute Gasteiger partial charge is 0.279 e. The van der Waals surface area contributed by atoms with Gasteiger partial charge in [0.15, 0.2) is 6.54 Å². The Morgan fingerprint density at radius 2 is 1.53 bits per heavy atom. The summed E-state index contributed by atoms with van der Waals surface area (Å²) in [6.45, 7) is 8.63. The van der Waals surface area contributed by atoms with Crippen molar-refractivity contribution in [2.75, 3.05) is 36.9 Å². The van der Waals surface area contributed by atoms with Gasteiger partial charge in [0.2, 0.25) is 0 Å². The maximum absolute atomic E-state index is 12.4. The number of ether oxygens (including phenoxy) is 2. The zero-order chi connectivity index (χ0) is 21.5. The fourth-order valence-electron chi connectivity index (χ4n) is 3.68. The van der Waals surface area contributed by atoms with Crippen molar-refractivity contribution in [1.29, 1.82) is 0 Å². The number of morpholine rings is 1. The van der Waals surface area contributed by atoms with Crippen LogP contribution in [0.2, 0.25) is 0 Å². The molecule has 2 amide bonds. The van der Waals surface area contributed by atoms with Gasteiger partial charge in [0.05, 0.1) is 6.61 Å². The molecule has 0 aliphatic carbocycles. The number of quaternary nitrogens is 1.